The van der Waals surface area contributed by atoms with Gasteiger partial charge >= 0.3 is 0 Å². The molecule has 3 rings (SSSR count). The minimum Gasteiger partial charge on any atom is -0.493 e. The van der Waals surface area contributed by atoms with Crippen molar-refractivity contribution in [3.8, 4) is 5.75 Å². The molecule has 0 saturated heterocycles. The summed E-state index contributed by atoms with van der Waals surface area (Å²) in [5.41, 5.74) is 4.35. The van der Waals surface area contributed by atoms with Gasteiger partial charge in [-0.15, -0.1) is 24.0 Å². The van der Waals surface area contributed by atoms with Crippen LogP contribution in [0.2, 0.25) is 0 Å². The molecule has 0 fully saturated rings. The summed E-state index contributed by atoms with van der Waals surface area (Å²) < 4.78 is 31.2. The standard InChI is InChI=1S/C22H30N4O3S.HI/c1-3-24-22(25-12-10-17-8-9-21-20(14-17)11-13-29-21)26-15-18-4-6-19(7-5-18)16-30(27,28)23-2;/h4-9,14,23H,3,10-13,15-16H2,1-2H3,(H2,24,25,26);1H. The molecule has 0 radical (unpaired) electrons. The number of nitrogens with one attached hydrogen (secondary N) is 3. The first-order valence-electron chi connectivity index (χ1n) is 10.2. The van der Waals surface area contributed by atoms with E-state index in [1.54, 1.807) is 0 Å². The minimum absolute atomic E-state index is 0. The first kappa shape index (κ1) is 25.4. The van der Waals surface area contributed by atoms with Crippen molar-refractivity contribution in [1.82, 2.24) is 15.4 Å². The molecule has 1 heterocycles. The zero-order valence-corrected chi connectivity index (χ0v) is 21.1. The lowest BCUT2D eigenvalue weighted by molar-refractivity contribution is 0.357. The van der Waals surface area contributed by atoms with E-state index in [9.17, 15) is 8.42 Å². The van der Waals surface area contributed by atoms with Gasteiger partial charge in [0.2, 0.25) is 10.0 Å². The molecule has 0 spiro atoms. The second-order valence-electron chi connectivity index (χ2n) is 7.19. The molecule has 0 saturated carbocycles. The van der Waals surface area contributed by atoms with Crippen molar-refractivity contribution >= 4 is 40.0 Å². The maximum Gasteiger partial charge on any atom is 0.215 e. The van der Waals surface area contributed by atoms with Crippen molar-refractivity contribution in [1.29, 1.82) is 0 Å². The summed E-state index contributed by atoms with van der Waals surface area (Å²) in [7, 11) is -1.84. The smallest absolute Gasteiger partial charge is 0.215 e. The van der Waals surface area contributed by atoms with E-state index in [1.807, 2.05) is 31.2 Å². The molecule has 2 aromatic rings. The fourth-order valence-electron chi connectivity index (χ4n) is 3.27. The molecule has 0 amide bonds. The Bertz CT molecular complexity index is 979. The fourth-order valence-corrected chi connectivity index (χ4v) is 4.04. The van der Waals surface area contributed by atoms with Crippen molar-refractivity contribution in [3.63, 3.8) is 0 Å². The topological polar surface area (TPSA) is 91.8 Å². The highest BCUT2D eigenvalue weighted by atomic mass is 127. The summed E-state index contributed by atoms with van der Waals surface area (Å²) >= 11 is 0. The van der Waals surface area contributed by atoms with Gasteiger partial charge in [0, 0.05) is 19.5 Å². The molecule has 2 aromatic carbocycles. The number of hydrogen-bond acceptors (Lipinski definition) is 4. The number of nitrogens with zero attached hydrogens (tertiary/aromatic N) is 1. The van der Waals surface area contributed by atoms with Crippen LogP contribution >= 0.6 is 24.0 Å². The third kappa shape index (κ3) is 7.97. The Hall–Kier alpha value is -1.85. The Balaban J connectivity index is 0.00000341. The van der Waals surface area contributed by atoms with E-state index in [1.165, 1.54) is 18.2 Å². The first-order valence-corrected chi connectivity index (χ1v) is 11.9. The second-order valence-corrected chi connectivity index (χ2v) is 9.12. The van der Waals surface area contributed by atoms with Gasteiger partial charge < -0.3 is 15.4 Å². The highest BCUT2D eigenvalue weighted by Crippen LogP contribution is 2.25. The van der Waals surface area contributed by atoms with Crippen LogP contribution in [-0.2, 0) is 35.2 Å². The molecule has 7 nitrogen and oxygen atoms in total. The van der Waals surface area contributed by atoms with Gasteiger partial charge in [0.25, 0.3) is 0 Å². The predicted octanol–water partition coefficient (Wildman–Crippen LogP) is 2.59. The summed E-state index contributed by atoms with van der Waals surface area (Å²) in [4.78, 5) is 4.64. The summed E-state index contributed by atoms with van der Waals surface area (Å²) in [5.74, 6) is 1.76. The molecule has 1 aliphatic heterocycles. The van der Waals surface area contributed by atoms with Crippen molar-refractivity contribution in [3.05, 3.63) is 64.7 Å². The average molecular weight is 558 g/mol. The number of benzene rings is 2. The molecular weight excluding hydrogens is 527 g/mol. The number of hydrogen-bond donors (Lipinski definition) is 3. The van der Waals surface area contributed by atoms with Gasteiger partial charge in [-0.3, -0.25) is 0 Å². The largest absolute Gasteiger partial charge is 0.493 e. The Morgan fingerprint density at radius 1 is 1.06 bits per heavy atom. The van der Waals surface area contributed by atoms with Gasteiger partial charge in [0.15, 0.2) is 5.96 Å². The fraction of sp³-hybridized carbons (Fsp3) is 0.409. The van der Waals surface area contributed by atoms with Crippen LogP contribution in [0.5, 0.6) is 5.75 Å². The van der Waals surface area contributed by atoms with Gasteiger partial charge in [0.05, 0.1) is 18.9 Å². The van der Waals surface area contributed by atoms with Crippen LogP contribution in [0, 0.1) is 0 Å². The number of sulfonamides is 1. The van der Waals surface area contributed by atoms with Gasteiger partial charge in [-0.05, 0) is 48.7 Å². The molecule has 0 aromatic heterocycles. The van der Waals surface area contributed by atoms with E-state index in [4.69, 9.17) is 4.74 Å². The molecule has 0 unspecified atom stereocenters. The van der Waals surface area contributed by atoms with Crippen molar-refractivity contribution in [2.24, 2.45) is 4.99 Å². The van der Waals surface area contributed by atoms with Crippen molar-refractivity contribution < 1.29 is 13.2 Å². The summed E-state index contributed by atoms with van der Waals surface area (Å²) in [5, 5.41) is 6.64. The third-order valence-corrected chi connectivity index (χ3v) is 6.25. The first-order chi connectivity index (χ1) is 14.5. The highest BCUT2D eigenvalue weighted by molar-refractivity contribution is 14.0. The van der Waals surface area contributed by atoms with Crippen LogP contribution in [-0.4, -0.2) is 41.1 Å². The summed E-state index contributed by atoms with van der Waals surface area (Å²) in [6, 6.07) is 13.9. The maximum atomic E-state index is 11.6. The Kier molecular flexibility index (Phi) is 10.0. The van der Waals surface area contributed by atoms with Crippen LogP contribution < -0.4 is 20.1 Å². The molecule has 0 bridgehead atoms. The quantitative estimate of drug-likeness (QED) is 0.250. The SMILES string of the molecule is CCNC(=NCc1ccc(CS(=O)(=O)NC)cc1)NCCc1ccc2c(c1)CCO2.I. The molecule has 1 aliphatic rings. The van der Waals surface area contributed by atoms with Crippen LogP contribution in [0.4, 0.5) is 0 Å². The molecule has 0 atom stereocenters. The Morgan fingerprint density at radius 2 is 1.77 bits per heavy atom. The predicted molar refractivity (Wildman–Crippen MR) is 136 cm³/mol. The van der Waals surface area contributed by atoms with Crippen molar-refractivity contribution in [2.75, 3.05) is 26.7 Å². The van der Waals surface area contributed by atoms with Gasteiger partial charge in [-0.25, -0.2) is 18.1 Å². The summed E-state index contributed by atoms with van der Waals surface area (Å²) in [6.45, 7) is 4.90. The van der Waals surface area contributed by atoms with Crippen LogP contribution in [0.25, 0.3) is 0 Å². The third-order valence-electron chi connectivity index (χ3n) is 4.91. The van der Waals surface area contributed by atoms with E-state index >= 15 is 0 Å². The molecule has 31 heavy (non-hydrogen) atoms. The van der Waals surface area contributed by atoms with Crippen LogP contribution in [0.1, 0.15) is 29.2 Å². The molecule has 0 aliphatic carbocycles. The highest BCUT2D eigenvalue weighted by Gasteiger charge is 2.12. The number of rotatable bonds is 9. The molecule has 170 valence electrons. The number of halogens is 1. The van der Waals surface area contributed by atoms with E-state index in [0.29, 0.717) is 6.54 Å². The number of guanidine groups is 1. The lowest BCUT2D eigenvalue weighted by atomic mass is 10.1. The Labute approximate surface area is 202 Å². The maximum absolute atomic E-state index is 11.6. The average Bonchev–Trinajstić information content (AvgIpc) is 3.21. The lowest BCUT2D eigenvalue weighted by Crippen LogP contribution is -2.38. The van der Waals surface area contributed by atoms with Crippen LogP contribution in [0.3, 0.4) is 0 Å². The van der Waals surface area contributed by atoms with Crippen LogP contribution in [0.15, 0.2) is 47.5 Å². The van der Waals surface area contributed by atoms with E-state index < -0.39 is 10.0 Å². The zero-order chi connectivity index (χ0) is 21.4. The Morgan fingerprint density at radius 3 is 2.48 bits per heavy atom. The number of aliphatic imine (C=N–C) groups is 1. The van der Waals surface area contributed by atoms with E-state index in [0.717, 1.165) is 55.4 Å². The molecule has 9 heteroatoms. The summed E-state index contributed by atoms with van der Waals surface area (Å²) in [6.07, 6.45) is 1.90. The minimum atomic E-state index is -3.26. The van der Waals surface area contributed by atoms with Gasteiger partial charge in [0.1, 0.15) is 5.75 Å². The van der Waals surface area contributed by atoms with Gasteiger partial charge in [-0.1, -0.05) is 36.4 Å². The van der Waals surface area contributed by atoms with Gasteiger partial charge in [-0.2, -0.15) is 0 Å². The van der Waals surface area contributed by atoms with E-state index in [-0.39, 0.29) is 29.7 Å². The van der Waals surface area contributed by atoms with Crippen molar-refractivity contribution in [2.45, 2.75) is 32.1 Å². The second kappa shape index (κ2) is 12.3. The normalized spacial score (nSPS) is 13.2. The number of ether oxygens (including phenoxy) is 1. The zero-order valence-electron chi connectivity index (χ0n) is 18.0. The molecular formula is C22H31IN4O3S. The van der Waals surface area contributed by atoms with E-state index in [2.05, 4.69) is 38.5 Å². The number of fused-ring (bicyclic) bond motifs is 1. The lowest BCUT2D eigenvalue weighted by Gasteiger charge is -2.12. The monoisotopic (exact) mass is 558 g/mol. The molecule has 3 N–H and O–H groups in total.